The first kappa shape index (κ1) is 13.5. The maximum atomic E-state index is 13.5. The Balaban J connectivity index is 2.54. The Labute approximate surface area is 112 Å². The Hall–Kier alpha value is -1.91. The van der Waals surface area contributed by atoms with Gasteiger partial charge in [-0.25, -0.2) is 9.82 Å². The van der Waals surface area contributed by atoms with E-state index in [0.29, 0.717) is 11.3 Å². The van der Waals surface area contributed by atoms with Crippen molar-refractivity contribution in [2.45, 2.75) is 13.0 Å². The monoisotopic (exact) mass is 260 g/mol. The number of methoxy groups -OCH3 is 1. The van der Waals surface area contributed by atoms with Gasteiger partial charge in [-0.3, -0.25) is 5.84 Å². The zero-order valence-corrected chi connectivity index (χ0v) is 11.0. The first-order valence-corrected chi connectivity index (χ1v) is 6.02. The molecule has 2 aromatic rings. The van der Waals surface area contributed by atoms with Crippen molar-refractivity contribution in [2.75, 3.05) is 7.11 Å². The predicted octanol–water partition coefficient (Wildman–Crippen LogP) is 2.70. The van der Waals surface area contributed by atoms with Crippen LogP contribution in [0.5, 0.6) is 5.75 Å². The molecule has 0 bridgehead atoms. The third-order valence-corrected chi connectivity index (χ3v) is 3.17. The summed E-state index contributed by atoms with van der Waals surface area (Å²) in [6.07, 6.45) is 0. The third kappa shape index (κ3) is 2.75. The molecule has 0 fully saturated rings. The molecule has 1 unspecified atom stereocenters. The van der Waals surface area contributed by atoms with Crippen molar-refractivity contribution in [1.82, 2.24) is 5.43 Å². The Kier molecular flexibility index (Phi) is 4.14. The smallest absolute Gasteiger partial charge is 0.124 e. The fourth-order valence-electron chi connectivity index (χ4n) is 2.19. The van der Waals surface area contributed by atoms with Crippen LogP contribution in [-0.4, -0.2) is 7.11 Å². The van der Waals surface area contributed by atoms with E-state index in [2.05, 4.69) is 5.43 Å². The van der Waals surface area contributed by atoms with Crippen LogP contribution >= 0.6 is 0 Å². The van der Waals surface area contributed by atoms with Crippen molar-refractivity contribution in [3.8, 4) is 5.75 Å². The molecule has 100 valence electrons. The van der Waals surface area contributed by atoms with E-state index in [1.807, 2.05) is 31.2 Å². The fraction of sp³-hybridized carbons (Fsp3) is 0.200. The number of hydrogen-bond donors (Lipinski definition) is 2. The number of ether oxygens (including phenoxy) is 1. The Morgan fingerprint density at radius 2 is 1.89 bits per heavy atom. The van der Waals surface area contributed by atoms with Gasteiger partial charge in [0.25, 0.3) is 0 Å². The molecule has 2 aromatic carbocycles. The van der Waals surface area contributed by atoms with Crippen LogP contribution in [-0.2, 0) is 0 Å². The largest absolute Gasteiger partial charge is 0.496 e. The van der Waals surface area contributed by atoms with Crippen molar-refractivity contribution in [3.05, 3.63) is 65.0 Å². The van der Waals surface area contributed by atoms with Gasteiger partial charge in [0.2, 0.25) is 0 Å². The lowest BCUT2D eigenvalue weighted by Gasteiger charge is -2.21. The van der Waals surface area contributed by atoms with Crippen molar-refractivity contribution in [2.24, 2.45) is 5.84 Å². The molecule has 3 nitrogen and oxygen atoms in total. The Morgan fingerprint density at radius 3 is 2.53 bits per heavy atom. The number of nitrogens with one attached hydrogen (secondary N) is 1. The Bertz CT molecular complexity index is 572. The lowest BCUT2D eigenvalue weighted by atomic mass is 9.95. The lowest BCUT2D eigenvalue weighted by molar-refractivity contribution is 0.402. The second kappa shape index (κ2) is 5.82. The average Bonchev–Trinajstić information content (AvgIpc) is 2.42. The number of rotatable bonds is 4. The van der Waals surface area contributed by atoms with Gasteiger partial charge in [-0.15, -0.1) is 0 Å². The zero-order chi connectivity index (χ0) is 13.8. The summed E-state index contributed by atoms with van der Waals surface area (Å²) >= 11 is 0. The van der Waals surface area contributed by atoms with Gasteiger partial charge in [0.15, 0.2) is 0 Å². The second-order valence-electron chi connectivity index (χ2n) is 4.34. The molecule has 4 heteroatoms. The number of hydrogen-bond acceptors (Lipinski definition) is 3. The van der Waals surface area contributed by atoms with E-state index in [9.17, 15) is 4.39 Å². The average molecular weight is 260 g/mol. The minimum Gasteiger partial charge on any atom is -0.496 e. The summed E-state index contributed by atoms with van der Waals surface area (Å²) < 4.78 is 18.8. The van der Waals surface area contributed by atoms with Crippen LogP contribution in [0, 0.1) is 12.7 Å². The highest BCUT2D eigenvalue weighted by Gasteiger charge is 2.19. The van der Waals surface area contributed by atoms with Crippen LogP contribution in [0.1, 0.15) is 22.7 Å². The standard InChI is InChI=1S/C15H17FN2O/c1-10-5-3-4-6-12(10)15(18-17)13-9-11(16)7-8-14(13)19-2/h3-9,15,18H,17H2,1-2H3. The zero-order valence-electron chi connectivity index (χ0n) is 11.0. The molecular formula is C15H17FN2O. The minimum atomic E-state index is -0.315. The summed E-state index contributed by atoms with van der Waals surface area (Å²) in [5.74, 6) is 5.94. The molecule has 0 amide bonds. The van der Waals surface area contributed by atoms with Crippen molar-refractivity contribution in [3.63, 3.8) is 0 Å². The lowest BCUT2D eigenvalue weighted by Crippen LogP contribution is -2.29. The first-order valence-electron chi connectivity index (χ1n) is 6.02. The maximum absolute atomic E-state index is 13.5. The molecule has 0 aliphatic heterocycles. The quantitative estimate of drug-likeness (QED) is 0.656. The minimum absolute atomic E-state index is 0.313. The second-order valence-corrected chi connectivity index (χ2v) is 4.34. The van der Waals surface area contributed by atoms with Gasteiger partial charge in [-0.2, -0.15) is 0 Å². The number of halogens is 1. The molecule has 3 N–H and O–H groups in total. The van der Waals surface area contributed by atoms with Crippen LogP contribution in [0.25, 0.3) is 0 Å². The van der Waals surface area contributed by atoms with Crippen LogP contribution < -0.4 is 16.0 Å². The highest BCUT2D eigenvalue weighted by Crippen LogP contribution is 2.31. The van der Waals surface area contributed by atoms with E-state index in [1.165, 1.54) is 12.1 Å². The van der Waals surface area contributed by atoms with Gasteiger partial charge < -0.3 is 4.74 Å². The van der Waals surface area contributed by atoms with E-state index < -0.39 is 0 Å². The summed E-state index contributed by atoms with van der Waals surface area (Å²) in [6, 6.07) is 11.9. The number of benzene rings is 2. The normalized spacial score (nSPS) is 12.2. The molecule has 0 saturated carbocycles. The highest BCUT2D eigenvalue weighted by atomic mass is 19.1. The van der Waals surface area contributed by atoms with Gasteiger partial charge in [0.05, 0.1) is 13.2 Å². The molecule has 19 heavy (non-hydrogen) atoms. The molecule has 0 aromatic heterocycles. The first-order chi connectivity index (χ1) is 9.17. The molecule has 0 aliphatic rings. The van der Waals surface area contributed by atoms with Gasteiger partial charge in [0.1, 0.15) is 11.6 Å². The van der Waals surface area contributed by atoms with Crippen LogP contribution in [0.2, 0.25) is 0 Å². The van der Waals surface area contributed by atoms with E-state index in [-0.39, 0.29) is 11.9 Å². The summed E-state index contributed by atoms with van der Waals surface area (Å²) in [6.45, 7) is 1.99. The summed E-state index contributed by atoms with van der Waals surface area (Å²) in [4.78, 5) is 0. The third-order valence-electron chi connectivity index (χ3n) is 3.17. The molecule has 0 saturated heterocycles. The van der Waals surface area contributed by atoms with Crippen LogP contribution in [0.4, 0.5) is 4.39 Å². The molecule has 2 rings (SSSR count). The van der Waals surface area contributed by atoms with Gasteiger partial charge in [-0.05, 0) is 36.2 Å². The van der Waals surface area contributed by atoms with E-state index >= 15 is 0 Å². The van der Waals surface area contributed by atoms with Gasteiger partial charge in [0, 0.05) is 5.56 Å². The highest BCUT2D eigenvalue weighted by molar-refractivity contribution is 5.44. The van der Waals surface area contributed by atoms with Crippen LogP contribution in [0.15, 0.2) is 42.5 Å². The van der Waals surface area contributed by atoms with Crippen molar-refractivity contribution in [1.29, 1.82) is 0 Å². The molecule has 0 heterocycles. The number of nitrogens with two attached hydrogens (primary N) is 1. The van der Waals surface area contributed by atoms with E-state index in [0.717, 1.165) is 11.1 Å². The summed E-state index contributed by atoms with van der Waals surface area (Å²) in [5.41, 5.74) is 5.49. The fourth-order valence-corrected chi connectivity index (χ4v) is 2.19. The molecule has 0 spiro atoms. The SMILES string of the molecule is COc1ccc(F)cc1C(NN)c1ccccc1C. The topological polar surface area (TPSA) is 47.3 Å². The Morgan fingerprint density at radius 1 is 1.16 bits per heavy atom. The maximum Gasteiger partial charge on any atom is 0.124 e. The molecule has 0 radical (unpaired) electrons. The summed E-state index contributed by atoms with van der Waals surface area (Å²) in [7, 11) is 1.56. The van der Waals surface area contributed by atoms with Crippen LogP contribution in [0.3, 0.4) is 0 Å². The molecule has 1 atom stereocenters. The van der Waals surface area contributed by atoms with E-state index in [4.69, 9.17) is 10.6 Å². The number of aryl methyl sites for hydroxylation is 1. The van der Waals surface area contributed by atoms with Gasteiger partial charge >= 0.3 is 0 Å². The molecule has 0 aliphatic carbocycles. The predicted molar refractivity (Wildman–Crippen MR) is 73.3 cm³/mol. The van der Waals surface area contributed by atoms with Crippen molar-refractivity contribution < 1.29 is 9.13 Å². The number of hydrazine groups is 1. The summed E-state index contributed by atoms with van der Waals surface area (Å²) in [5, 5.41) is 0. The van der Waals surface area contributed by atoms with Crippen molar-refractivity contribution >= 4 is 0 Å². The molecular weight excluding hydrogens is 243 g/mol. The van der Waals surface area contributed by atoms with Gasteiger partial charge in [-0.1, -0.05) is 24.3 Å². The van der Waals surface area contributed by atoms with E-state index in [1.54, 1.807) is 13.2 Å².